The van der Waals surface area contributed by atoms with Crippen molar-refractivity contribution < 1.29 is 0 Å². The zero-order valence-corrected chi connectivity index (χ0v) is 12.3. The predicted octanol–water partition coefficient (Wildman–Crippen LogP) is 2.41. The third-order valence-corrected chi connectivity index (χ3v) is 4.20. The molecule has 0 atom stereocenters. The highest BCUT2D eigenvalue weighted by Crippen LogP contribution is 2.14. The summed E-state index contributed by atoms with van der Waals surface area (Å²) in [4.78, 5) is 28.7. The van der Waals surface area contributed by atoms with Gasteiger partial charge in [-0.3, -0.25) is 9.59 Å². The third kappa shape index (κ3) is 1.58. The molecule has 0 fully saturated rings. The van der Waals surface area contributed by atoms with Crippen LogP contribution < -0.4 is 10.9 Å². The van der Waals surface area contributed by atoms with Crippen molar-refractivity contribution in [2.45, 2.75) is 6.92 Å². The zero-order valence-electron chi connectivity index (χ0n) is 12.3. The molecule has 22 heavy (non-hydrogen) atoms. The Bertz CT molecular complexity index is 1230. The molecule has 4 nitrogen and oxygen atoms in total. The molecule has 2 aromatic rings. The van der Waals surface area contributed by atoms with E-state index in [1.807, 2.05) is 36.7 Å². The van der Waals surface area contributed by atoms with Crippen LogP contribution in [0.1, 0.15) is 5.56 Å². The van der Waals surface area contributed by atoms with E-state index < -0.39 is 0 Å². The van der Waals surface area contributed by atoms with Gasteiger partial charge in [0.15, 0.2) is 0 Å². The van der Waals surface area contributed by atoms with E-state index in [4.69, 9.17) is 0 Å². The summed E-state index contributed by atoms with van der Waals surface area (Å²) < 4.78 is 1.81. The minimum absolute atomic E-state index is 0.118. The minimum atomic E-state index is -0.136. The van der Waals surface area contributed by atoms with Crippen molar-refractivity contribution in [3.63, 3.8) is 0 Å². The second-order valence-electron chi connectivity index (χ2n) is 5.63. The van der Waals surface area contributed by atoms with Crippen molar-refractivity contribution in [1.29, 1.82) is 0 Å². The monoisotopic (exact) mass is 290 g/mol. The van der Waals surface area contributed by atoms with Crippen LogP contribution in [0.5, 0.6) is 0 Å². The highest BCUT2D eigenvalue weighted by Gasteiger charge is 2.11. The molecule has 0 amide bonds. The lowest BCUT2D eigenvalue weighted by Gasteiger charge is -2.09. The van der Waals surface area contributed by atoms with E-state index in [0.29, 0.717) is 21.5 Å². The molecule has 0 radical (unpaired) electrons. The number of aryl methyl sites for hydroxylation is 2. The number of hydrogen-bond acceptors (Lipinski definition) is 2. The topological polar surface area (TPSA) is 54.9 Å². The van der Waals surface area contributed by atoms with Gasteiger partial charge in [-0.1, -0.05) is 30.3 Å². The molecule has 1 N–H and O–H groups in total. The molecule has 0 saturated carbocycles. The van der Waals surface area contributed by atoms with Crippen molar-refractivity contribution in [1.82, 2.24) is 9.55 Å². The second kappa shape index (κ2) is 4.31. The summed E-state index contributed by atoms with van der Waals surface area (Å²) in [5, 5.41) is 1.71. The fourth-order valence-electron chi connectivity index (χ4n) is 3.08. The van der Waals surface area contributed by atoms with Crippen molar-refractivity contribution in [3.05, 3.63) is 79.2 Å². The maximum absolute atomic E-state index is 12.8. The van der Waals surface area contributed by atoms with E-state index in [1.165, 1.54) is 0 Å². The molecule has 1 heterocycles. The van der Waals surface area contributed by atoms with Gasteiger partial charge in [0.2, 0.25) is 10.9 Å². The number of nitrogens with zero attached hydrogens (tertiary/aromatic N) is 1. The molecule has 0 spiro atoms. The standard InChI is InChI=1S/C18H14N2O2/c1-10-7-8-13-14(9-10)20(2)16-15(19-13)17(21)11-5-3-4-6-12(11)18(16)22/h3-9,19H,1-2H3. The van der Waals surface area contributed by atoms with E-state index in [2.05, 4.69) is 4.98 Å². The van der Waals surface area contributed by atoms with Gasteiger partial charge in [-0.15, -0.1) is 0 Å². The van der Waals surface area contributed by atoms with Gasteiger partial charge in [-0.05, 0) is 24.6 Å². The fraction of sp³-hybridized carbons (Fsp3) is 0.111. The third-order valence-electron chi connectivity index (χ3n) is 4.20. The minimum Gasteiger partial charge on any atom is -0.349 e. The average molecular weight is 290 g/mol. The first-order valence-corrected chi connectivity index (χ1v) is 7.12. The van der Waals surface area contributed by atoms with Crippen molar-refractivity contribution in [2.75, 3.05) is 0 Å². The van der Waals surface area contributed by atoms with Gasteiger partial charge in [0.1, 0.15) is 10.7 Å². The molecule has 4 rings (SSSR count). The van der Waals surface area contributed by atoms with Crippen molar-refractivity contribution in [3.8, 4) is 0 Å². The van der Waals surface area contributed by atoms with E-state index in [1.54, 1.807) is 24.3 Å². The summed E-state index contributed by atoms with van der Waals surface area (Å²) in [5.41, 5.74) is 2.59. The SMILES string of the molecule is Cc1ccc2[nH]c3c(=O)c4ccccc4c(=O)c=3n(C)c2c1. The Morgan fingerprint density at radius 1 is 0.955 bits per heavy atom. The molecule has 0 bridgehead atoms. The summed E-state index contributed by atoms with van der Waals surface area (Å²) in [6.45, 7) is 2.00. The van der Waals surface area contributed by atoms with Crippen molar-refractivity contribution in [2.24, 2.45) is 7.05 Å². The van der Waals surface area contributed by atoms with Gasteiger partial charge in [0.05, 0.1) is 11.0 Å². The highest BCUT2D eigenvalue weighted by atomic mass is 16.1. The summed E-state index contributed by atoms with van der Waals surface area (Å²) in [6, 6.07) is 12.9. The number of H-pyrrole nitrogens is 1. The van der Waals surface area contributed by atoms with E-state index in [-0.39, 0.29) is 10.9 Å². The molecule has 4 heteroatoms. The molecule has 1 aliphatic heterocycles. The van der Waals surface area contributed by atoms with Gasteiger partial charge in [0, 0.05) is 17.8 Å². The summed E-state index contributed by atoms with van der Waals surface area (Å²) in [5.74, 6) is 0. The van der Waals surface area contributed by atoms with Crippen LogP contribution in [-0.2, 0) is 7.05 Å². The van der Waals surface area contributed by atoms with E-state index in [0.717, 1.165) is 16.6 Å². The number of aromatic nitrogens is 2. The molecule has 2 aliphatic rings. The Morgan fingerprint density at radius 3 is 2.36 bits per heavy atom. The lowest BCUT2D eigenvalue weighted by atomic mass is 10.1. The predicted molar refractivity (Wildman–Crippen MR) is 87.4 cm³/mol. The van der Waals surface area contributed by atoms with Crippen LogP contribution in [0.25, 0.3) is 21.8 Å². The molecule has 0 saturated heterocycles. The number of benzene rings is 2. The van der Waals surface area contributed by atoms with Gasteiger partial charge < -0.3 is 9.55 Å². The Kier molecular flexibility index (Phi) is 2.51. The normalized spacial score (nSPS) is 11.5. The lowest BCUT2D eigenvalue weighted by Crippen LogP contribution is -2.21. The van der Waals surface area contributed by atoms with Gasteiger partial charge >= 0.3 is 0 Å². The Balaban J connectivity index is 2.46. The molecule has 2 aromatic carbocycles. The van der Waals surface area contributed by atoms with E-state index in [9.17, 15) is 9.59 Å². The van der Waals surface area contributed by atoms with Crippen LogP contribution in [0.4, 0.5) is 0 Å². The Hall–Kier alpha value is -2.88. The van der Waals surface area contributed by atoms with Gasteiger partial charge in [0.25, 0.3) is 0 Å². The van der Waals surface area contributed by atoms with Crippen LogP contribution in [0.15, 0.2) is 52.1 Å². The lowest BCUT2D eigenvalue weighted by molar-refractivity contribution is 0.881. The van der Waals surface area contributed by atoms with Gasteiger partial charge in [-0.25, -0.2) is 0 Å². The van der Waals surface area contributed by atoms with Crippen LogP contribution in [0.3, 0.4) is 0 Å². The molecular formula is C18H14N2O2. The molecule has 1 aliphatic carbocycles. The molecule has 0 unspecified atom stereocenters. The highest BCUT2D eigenvalue weighted by molar-refractivity contribution is 5.83. The van der Waals surface area contributed by atoms with Crippen LogP contribution in [-0.4, -0.2) is 9.55 Å². The van der Waals surface area contributed by atoms with E-state index >= 15 is 0 Å². The number of aromatic amines is 1. The smallest absolute Gasteiger partial charge is 0.212 e. The summed E-state index contributed by atoms with van der Waals surface area (Å²) >= 11 is 0. The molecular weight excluding hydrogens is 276 g/mol. The first kappa shape index (κ1) is 12.8. The summed E-state index contributed by atoms with van der Waals surface area (Å²) in [6.07, 6.45) is 0. The van der Waals surface area contributed by atoms with Gasteiger partial charge in [-0.2, -0.15) is 0 Å². The fourth-order valence-corrected chi connectivity index (χ4v) is 3.08. The Labute approximate surface area is 125 Å². The Morgan fingerprint density at radius 2 is 1.64 bits per heavy atom. The maximum Gasteiger partial charge on any atom is 0.212 e. The second-order valence-corrected chi connectivity index (χ2v) is 5.63. The average Bonchev–Trinajstić information content (AvgIpc) is 2.53. The van der Waals surface area contributed by atoms with Crippen LogP contribution >= 0.6 is 0 Å². The molecule has 108 valence electrons. The van der Waals surface area contributed by atoms with Crippen LogP contribution in [0.2, 0.25) is 0 Å². The first-order valence-electron chi connectivity index (χ1n) is 7.12. The zero-order chi connectivity index (χ0) is 15.4. The number of fused-ring (bicyclic) bond motifs is 2. The number of hydrogen-bond donors (Lipinski definition) is 1. The quantitative estimate of drug-likeness (QED) is 0.541. The summed E-state index contributed by atoms with van der Waals surface area (Å²) in [7, 11) is 1.83. The number of rotatable bonds is 0. The first-order chi connectivity index (χ1) is 10.6. The number of nitrogens with one attached hydrogen (secondary N) is 1. The maximum atomic E-state index is 12.8. The largest absolute Gasteiger partial charge is 0.349 e. The van der Waals surface area contributed by atoms with Crippen LogP contribution in [0, 0.1) is 17.6 Å². The molecule has 0 aromatic heterocycles. The van der Waals surface area contributed by atoms with Crippen molar-refractivity contribution >= 4 is 21.8 Å².